The van der Waals surface area contributed by atoms with E-state index in [9.17, 15) is 4.79 Å². The molecule has 0 aliphatic rings. The van der Waals surface area contributed by atoms with Crippen LogP contribution in [0.25, 0.3) is 11.3 Å². The molecule has 1 heterocycles. The number of rotatable bonds is 3. The first kappa shape index (κ1) is 10.9. The number of carboxylic acids is 1. The minimum absolute atomic E-state index is 0.0884. The summed E-state index contributed by atoms with van der Waals surface area (Å²) < 4.78 is 6.02. The van der Waals surface area contributed by atoms with Crippen molar-refractivity contribution in [1.29, 1.82) is 0 Å². The zero-order chi connectivity index (χ0) is 11.5. The smallest absolute Gasteiger partial charge is 0.308 e. The number of aromatic nitrogens is 1. The standard InChI is InChI=1S/C11H8BrNO3/c12-9-3-1-7(2-4-9)11-8(5-10(14)15)6-13-16-11/h1-4,6H,5H2,(H,14,15). The van der Waals surface area contributed by atoms with Gasteiger partial charge < -0.3 is 9.63 Å². The van der Waals surface area contributed by atoms with Crippen LogP contribution in [-0.2, 0) is 11.2 Å². The summed E-state index contributed by atoms with van der Waals surface area (Å²) in [5, 5.41) is 12.3. The van der Waals surface area contributed by atoms with E-state index >= 15 is 0 Å². The fourth-order valence-corrected chi connectivity index (χ4v) is 1.65. The number of halogens is 1. The first-order valence-electron chi connectivity index (χ1n) is 4.58. The molecule has 1 aromatic heterocycles. The Hall–Kier alpha value is -1.62. The molecule has 82 valence electrons. The van der Waals surface area contributed by atoms with E-state index in [0.717, 1.165) is 10.0 Å². The van der Waals surface area contributed by atoms with E-state index in [1.54, 1.807) is 0 Å². The van der Waals surface area contributed by atoms with Gasteiger partial charge in [-0.25, -0.2) is 0 Å². The van der Waals surface area contributed by atoms with Crippen molar-refractivity contribution in [2.75, 3.05) is 0 Å². The van der Waals surface area contributed by atoms with Crippen LogP contribution in [0, 0.1) is 0 Å². The number of carbonyl (C=O) groups is 1. The summed E-state index contributed by atoms with van der Waals surface area (Å²) in [5.74, 6) is -0.392. The highest BCUT2D eigenvalue weighted by atomic mass is 79.9. The molecule has 0 unspecified atom stereocenters. The Balaban J connectivity index is 2.36. The Morgan fingerprint density at radius 2 is 2.06 bits per heavy atom. The van der Waals surface area contributed by atoms with Crippen molar-refractivity contribution in [2.45, 2.75) is 6.42 Å². The van der Waals surface area contributed by atoms with Crippen LogP contribution >= 0.6 is 15.9 Å². The van der Waals surface area contributed by atoms with Crippen LogP contribution in [0.5, 0.6) is 0 Å². The third-order valence-electron chi connectivity index (χ3n) is 2.09. The van der Waals surface area contributed by atoms with Gasteiger partial charge >= 0.3 is 5.97 Å². The molecule has 0 aliphatic carbocycles. The summed E-state index contributed by atoms with van der Waals surface area (Å²) in [6.45, 7) is 0. The van der Waals surface area contributed by atoms with E-state index in [1.165, 1.54) is 6.20 Å². The Labute approximate surface area is 100 Å². The number of aliphatic carboxylic acids is 1. The van der Waals surface area contributed by atoms with Crippen molar-refractivity contribution in [3.8, 4) is 11.3 Å². The molecule has 0 amide bonds. The van der Waals surface area contributed by atoms with Crippen molar-refractivity contribution in [3.05, 3.63) is 40.5 Å². The van der Waals surface area contributed by atoms with Crippen molar-refractivity contribution in [1.82, 2.24) is 5.16 Å². The van der Waals surface area contributed by atoms with Gasteiger partial charge in [-0.15, -0.1) is 0 Å². The minimum atomic E-state index is -0.901. The van der Waals surface area contributed by atoms with E-state index in [2.05, 4.69) is 21.1 Å². The Morgan fingerprint density at radius 1 is 1.38 bits per heavy atom. The third-order valence-corrected chi connectivity index (χ3v) is 2.62. The largest absolute Gasteiger partial charge is 0.481 e. The topological polar surface area (TPSA) is 63.3 Å². The Kier molecular flexibility index (Phi) is 3.05. The summed E-state index contributed by atoms with van der Waals surface area (Å²) in [7, 11) is 0. The van der Waals surface area contributed by atoms with Crippen LogP contribution in [-0.4, -0.2) is 16.2 Å². The molecule has 0 spiro atoms. The molecule has 0 saturated heterocycles. The summed E-state index contributed by atoms with van der Waals surface area (Å²) >= 11 is 3.33. The van der Waals surface area contributed by atoms with Gasteiger partial charge in [-0.1, -0.05) is 33.2 Å². The Bertz CT molecular complexity index is 504. The quantitative estimate of drug-likeness (QED) is 0.940. The van der Waals surface area contributed by atoms with Gasteiger partial charge in [0.15, 0.2) is 5.76 Å². The van der Waals surface area contributed by atoms with E-state index < -0.39 is 5.97 Å². The summed E-state index contributed by atoms with van der Waals surface area (Å²) in [4.78, 5) is 10.6. The van der Waals surface area contributed by atoms with Gasteiger partial charge in [0.05, 0.1) is 12.6 Å². The van der Waals surface area contributed by atoms with Gasteiger partial charge in [0.1, 0.15) is 0 Å². The number of hydrogen-bond acceptors (Lipinski definition) is 3. The maximum Gasteiger partial charge on any atom is 0.308 e. The van der Waals surface area contributed by atoms with Gasteiger partial charge in [0.25, 0.3) is 0 Å². The second-order valence-corrected chi connectivity index (χ2v) is 4.17. The average Bonchev–Trinajstić information content (AvgIpc) is 2.66. The van der Waals surface area contributed by atoms with Gasteiger partial charge in [-0.3, -0.25) is 4.79 Å². The molecule has 2 aromatic rings. The zero-order valence-corrected chi connectivity index (χ0v) is 9.77. The molecular weight excluding hydrogens is 274 g/mol. The van der Waals surface area contributed by atoms with E-state index in [0.29, 0.717) is 11.3 Å². The van der Waals surface area contributed by atoms with E-state index in [1.807, 2.05) is 24.3 Å². The molecule has 0 aliphatic heterocycles. The number of hydrogen-bond donors (Lipinski definition) is 1. The molecule has 4 nitrogen and oxygen atoms in total. The van der Waals surface area contributed by atoms with Crippen LogP contribution in [0.4, 0.5) is 0 Å². The van der Waals surface area contributed by atoms with Gasteiger partial charge in [-0.05, 0) is 12.1 Å². The molecule has 0 radical (unpaired) electrons. The van der Waals surface area contributed by atoms with Crippen LogP contribution in [0.3, 0.4) is 0 Å². The maximum absolute atomic E-state index is 10.6. The van der Waals surface area contributed by atoms with Crippen LogP contribution in [0.2, 0.25) is 0 Å². The lowest BCUT2D eigenvalue weighted by Crippen LogP contribution is -1.99. The van der Waals surface area contributed by atoms with Gasteiger partial charge in [0.2, 0.25) is 0 Å². The van der Waals surface area contributed by atoms with Crippen LogP contribution < -0.4 is 0 Å². The number of carboxylic acid groups (broad SMARTS) is 1. The molecule has 16 heavy (non-hydrogen) atoms. The molecule has 0 fully saturated rings. The first-order chi connectivity index (χ1) is 7.66. The highest BCUT2D eigenvalue weighted by molar-refractivity contribution is 9.10. The van der Waals surface area contributed by atoms with Crippen molar-refractivity contribution < 1.29 is 14.4 Å². The lowest BCUT2D eigenvalue weighted by Gasteiger charge is -1.99. The number of benzene rings is 1. The zero-order valence-electron chi connectivity index (χ0n) is 8.18. The molecular formula is C11H8BrNO3. The van der Waals surface area contributed by atoms with Crippen LogP contribution in [0.15, 0.2) is 39.5 Å². The second-order valence-electron chi connectivity index (χ2n) is 3.26. The maximum atomic E-state index is 10.6. The van der Waals surface area contributed by atoms with Crippen molar-refractivity contribution >= 4 is 21.9 Å². The highest BCUT2D eigenvalue weighted by Crippen LogP contribution is 2.25. The lowest BCUT2D eigenvalue weighted by molar-refractivity contribution is -0.136. The minimum Gasteiger partial charge on any atom is -0.481 e. The van der Waals surface area contributed by atoms with Crippen molar-refractivity contribution in [2.24, 2.45) is 0 Å². The van der Waals surface area contributed by atoms with E-state index in [-0.39, 0.29) is 6.42 Å². The molecule has 1 aromatic carbocycles. The number of nitrogens with zero attached hydrogens (tertiary/aromatic N) is 1. The van der Waals surface area contributed by atoms with Gasteiger partial charge in [-0.2, -0.15) is 0 Å². The fraction of sp³-hybridized carbons (Fsp3) is 0.0909. The van der Waals surface area contributed by atoms with Gasteiger partial charge in [0, 0.05) is 15.6 Å². The van der Waals surface area contributed by atoms with Crippen LogP contribution in [0.1, 0.15) is 5.56 Å². The second kappa shape index (κ2) is 4.49. The Morgan fingerprint density at radius 3 is 2.69 bits per heavy atom. The molecule has 2 rings (SSSR count). The average molecular weight is 282 g/mol. The summed E-state index contributed by atoms with van der Waals surface area (Å²) in [6.07, 6.45) is 1.35. The monoisotopic (exact) mass is 281 g/mol. The molecule has 1 N–H and O–H groups in total. The molecule has 5 heteroatoms. The predicted molar refractivity (Wildman–Crippen MR) is 61.0 cm³/mol. The molecule has 0 saturated carbocycles. The SMILES string of the molecule is O=C(O)Cc1cnoc1-c1ccc(Br)cc1. The predicted octanol–water partition coefficient (Wildman–Crippen LogP) is 2.73. The highest BCUT2D eigenvalue weighted by Gasteiger charge is 2.13. The summed E-state index contributed by atoms with van der Waals surface area (Å²) in [6, 6.07) is 7.41. The molecule has 0 bridgehead atoms. The lowest BCUT2D eigenvalue weighted by atomic mass is 10.1. The fourth-order valence-electron chi connectivity index (χ4n) is 1.39. The van der Waals surface area contributed by atoms with Crippen molar-refractivity contribution in [3.63, 3.8) is 0 Å². The first-order valence-corrected chi connectivity index (χ1v) is 5.37. The third kappa shape index (κ3) is 2.30. The summed E-state index contributed by atoms with van der Waals surface area (Å²) in [5.41, 5.74) is 1.40. The molecule has 0 atom stereocenters. The van der Waals surface area contributed by atoms with E-state index in [4.69, 9.17) is 9.63 Å². The normalized spacial score (nSPS) is 10.3.